The lowest BCUT2D eigenvalue weighted by atomic mass is 9.58. The highest BCUT2D eigenvalue weighted by Gasteiger charge is 2.76. The fourth-order valence-electron chi connectivity index (χ4n) is 9.71. The fraction of sp³-hybridized carbons (Fsp3) is 0.667. The van der Waals surface area contributed by atoms with Crippen LogP contribution in [0.25, 0.3) is 0 Å². The first-order valence-electron chi connectivity index (χ1n) is 15.7. The zero-order chi connectivity index (χ0) is 33.7. The molecule has 0 amide bonds. The quantitative estimate of drug-likeness (QED) is 0.136. The van der Waals surface area contributed by atoms with Crippen LogP contribution in [0.5, 0.6) is 0 Å². The molecule has 2 N–H and O–H groups in total. The van der Waals surface area contributed by atoms with E-state index in [1.807, 2.05) is 0 Å². The molecule has 4 bridgehead atoms. The normalized spacial score (nSPS) is 36.5. The standard InChI is InChI=1S/C33H40O13/c1-15(2)27(38)43-7-9-45-29(40)23-19-11-17(21(23)25(34)35)13-32(19)5-6-33(31(32)42)14-18-12-20(33)24(22(18)26(36)37)30(41)46-10-8-44-28(39)16(3)4/h17-24H,1,3,5-14H2,2,4H3,(H,34,35)(H,36,37)/t17?,18?,19?,20?,21-,22?,23?,24?,32?,33?/m0/s1. The van der Waals surface area contributed by atoms with E-state index in [2.05, 4.69) is 13.2 Å². The largest absolute Gasteiger partial charge is 0.481 e. The smallest absolute Gasteiger partial charge is 0.333 e. The molecule has 5 rings (SSSR count). The molecule has 2 spiro atoms. The van der Waals surface area contributed by atoms with Crippen LogP contribution in [0.4, 0.5) is 0 Å². The summed E-state index contributed by atoms with van der Waals surface area (Å²) in [6.07, 6.45) is 2.14. The van der Waals surface area contributed by atoms with Gasteiger partial charge in [-0.2, -0.15) is 0 Å². The maximum Gasteiger partial charge on any atom is 0.333 e. The van der Waals surface area contributed by atoms with E-state index in [0.29, 0.717) is 38.5 Å². The molecule has 0 radical (unpaired) electrons. The van der Waals surface area contributed by atoms with Crippen molar-refractivity contribution >= 4 is 41.6 Å². The van der Waals surface area contributed by atoms with Gasteiger partial charge in [0.15, 0.2) is 0 Å². The van der Waals surface area contributed by atoms with Crippen LogP contribution < -0.4 is 0 Å². The van der Waals surface area contributed by atoms with Gasteiger partial charge in [0, 0.05) is 22.0 Å². The number of carboxylic acid groups (broad SMARTS) is 2. The van der Waals surface area contributed by atoms with Crippen LogP contribution in [0.15, 0.2) is 24.3 Å². The number of esters is 4. The second-order valence-corrected chi connectivity index (χ2v) is 13.7. The van der Waals surface area contributed by atoms with Gasteiger partial charge in [0.25, 0.3) is 0 Å². The molecule has 250 valence electrons. The van der Waals surface area contributed by atoms with Crippen molar-refractivity contribution in [3.8, 4) is 0 Å². The third-order valence-electron chi connectivity index (χ3n) is 11.3. The van der Waals surface area contributed by atoms with Crippen molar-refractivity contribution in [2.45, 2.75) is 52.4 Å². The highest BCUT2D eigenvalue weighted by Crippen LogP contribution is 2.74. The Morgan fingerprint density at radius 2 is 1.00 bits per heavy atom. The summed E-state index contributed by atoms with van der Waals surface area (Å²) in [6, 6.07) is 0. The van der Waals surface area contributed by atoms with Gasteiger partial charge >= 0.3 is 35.8 Å². The maximum atomic E-state index is 14.7. The molecule has 46 heavy (non-hydrogen) atoms. The van der Waals surface area contributed by atoms with E-state index in [9.17, 15) is 43.8 Å². The zero-order valence-corrected chi connectivity index (χ0v) is 26.0. The molecule has 0 aromatic rings. The van der Waals surface area contributed by atoms with Crippen LogP contribution in [0.3, 0.4) is 0 Å². The zero-order valence-electron chi connectivity index (χ0n) is 26.0. The molecule has 0 aromatic carbocycles. The molecule has 5 fully saturated rings. The molecule has 5 saturated carbocycles. The van der Waals surface area contributed by atoms with Gasteiger partial charge in [-0.25, -0.2) is 9.59 Å². The third kappa shape index (κ3) is 5.30. The first-order chi connectivity index (χ1) is 21.7. The number of hydrogen-bond acceptors (Lipinski definition) is 11. The molecule has 0 aromatic heterocycles. The average Bonchev–Trinajstić information content (AvgIpc) is 3.80. The van der Waals surface area contributed by atoms with E-state index in [4.69, 9.17) is 18.9 Å². The summed E-state index contributed by atoms with van der Waals surface area (Å²) in [6.45, 7) is 8.89. The number of hydrogen-bond donors (Lipinski definition) is 2. The second kappa shape index (κ2) is 12.3. The van der Waals surface area contributed by atoms with Gasteiger partial charge in [0.1, 0.15) is 32.2 Å². The Morgan fingerprint density at radius 3 is 1.33 bits per heavy atom. The Bertz CT molecular complexity index is 1300. The first kappa shape index (κ1) is 33.3. The maximum absolute atomic E-state index is 14.7. The van der Waals surface area contributed by atoms with E-state index in [-0.39, 0.29) is 43.4 Å². The minimum atomic E-state index is -1.14. The summed E-state index contributed by atoms with van der Waals surface area (Å²) < 4.78 is 20.7. The van der Waals surface area contributed by atoms with Gasteiger partial charge in [0.2, 0.25) is 0 Å². The highest BCUT2D eigenvalue weighted by atomic mass is 16.6. The molecular formula is C33H40O13. The molecule has 10 atom stereocenters. The molecule has 13 heteroatoms. The number of carbonyl (C=O) groups is 7. The van der Waals surface area contributed by atoms with Crippen LogP contribution in [-0.2, 0) is 52.5 Å². The predicted octanol–water partition coefficient (Wildman–Crippen LogP) is 2.36. The molecule has 0 saturated heterocycles. The summed E-state index contributed by atoms with van der Waals surface area (Å²) in [5.41, 5.74) is -1.62. The lowest BCUT2D eigenvalue weighted by molar-refractivity contribution is -0.169. The summed E-state index contributed by atoms with van der Waals surface area (Å²) >= 11 is 0. The van der Waals surface area contributed by atoms with E-state index in [1.165, 1.54) is 13.8 Å². The minimum Gasteiger partial charge on any atom is -0.481 e. The lowest BCUT2D eigenvalue weighted by Gasteiger charge is -2.43. The lowest BCUT2D eigenvalue weighted by Crippen LogP contribution is -2.51. The van der Waals surface area contributed by atoms with E-state index < -0.39 is 94.0 Å². The van der Waals surface area contributed by atoms with E-state index in [1.54, 1.807) is 0 Å². The highest BCUT2D eigenvalue weighted by molar-refractivity contribution is 5.97. The average molecular weight is 645 g/mol. The molecule has 9 unspecified atom stereocenters. The van der Waals surface area contributed by atoms with Crippen molar-refractivity contribution in [3.05, 3.63) is 24.3 Å². The van der Waals surface area contributed by atoms with Crippen molar-refractivity contribution in [3.63, 3.8) is 0 Å². The van der Waals surface area contributed by atoms with Gasteiger partial charge in [0.05, 0.1) is 23.7 Å². The summed E-state index contributed by atoms with van der Waals surface area (Å²) in [7, 11) is 0. The van der Waals surface area contributed by atoms with E-state index >= 15 is 0 Å². The second-order valence-electron chi connectivity index (χ2n) is 13.7. The number of Topliss-reactive ketones (excluding diaryl/α,β-unsaturated/α-hetero) is 1. The Balaban J connectivity index is 1.32. The molecule has 13 nitrogen and oxygen atoms in total. The van der Waals surface area contributed by atoms with Crippen LogP contribution in [0.2, 0.25) is 0 Å². The van der Waals surface area contributed by atoms with Crippen molar-refractivity contribution in [2.75, 3.05) is 26.4 Å². The topological polar surface area (TPSA) is 197 Å². The summed E-state index contributed by atoms with van der Waals surface area (Å²) in [5.74, 6) is -11.4. The molecule has 5 aliphatic rings. The third-order valence-corrected chi connectivity index (χ3v) is 11.3. The van der Waals surface area contributed by atoms with Crippen LogP contribution >= 0.6 is 0 Å². The van der Waals surface area contributed by atoms with Crippen LogP contribution in [0, 0.1) is 58.2 Å². The Hall–Kier alpha value is -4.03. The van der Waals surface area contributed by atoms with Gasteiger partial charge < -0.3 is 29.2 Å². The Labute approximate surface area is 265 Å². The number of ketones is 1. The number of ether oxygens (including phenoxy) is 4. The van der Waals surface area contributed by atoms with E-state index in [0.717, 1.165) is 0 Å². The SMILES string of the molecule is C=C(C)C(=O)OCCOC(=O)C1C(C(=O)O)C2CC1C1(CCC3(CC4CC3C(C(=O)OCCOC(=O)C(=C)C)[C@H]4C(=O)O)C1=O)C2. The number of carboxylic acids is 2. The number of fused-ring (bicyclic) bond motifs is 6. The molecule has 0 aliphatic heterocycles. The van der Waals surface area contributed by atoms with Gasteiger partial charge in [-0.3, -0.25) is 24.0 Å². The van der Waals surface area contributed by atoms with Crippen LogP contribution in [-0.4, -0.2) is 78.2 Å². The summed E-state index contributed by atoms with van der Waals surface area (Å²) in [5, 5.41) is 20.1. The molecular weight excluding hydrogens is 604 g/mol. The fourth-order valence-corrected chi connectivity index (χ4v) is 9.71. The van der Waals surface area contributed by atoms with Crippen molar-refractivity contribution < 1.29 is 62.7 Å². The number of carbonyl (C=O) groups excluding carboxylic acids is 5. The Morgan fingerprint density at radius 1 is 0.652 bits per heavy atom. The minimum absolute atomic E-state index is 0.117. The number of aliphatic carboxylic acids is 2. The number of rotatable bonds is 12. The monoisotopic (exact) mass is 644 g/mol. The summed E-state index contributed by atoms with van der Waals surface area (Å²) in [4.78, 5) is 89.4. The predicted molar refractivity (Wildman–Crippen MR) is 154 cm³/mol. The van der Waals surface area contributed by atoms with Crippen molar-refractivity contribution in [2.24, 2.45) is 58.2 Å². The Kier molecular flexibility index (Phi) is 8.91. The van der Waals surface area contributed by atoms with Gasteiger partial charge in [-0.05, 0) is 76.0 Å². The first-order valence-corrected chi connectivity index (χ1v) is 15.7. The van der Waals surface area contributed by atoms with Gasteiger partial charge in [-0.1, -0.05) is 13.2 Å². The van der Waals surface area contributed by atoms with Gasteiger partial charge in [-0.15, -0.1) is 0 Å². The molecule has 0 heterocycles. The molecule has 5 aliphatic carbocycles. The van der Waals surface area contributed by atoms with Crippen molar-refractivity contribution in [1.82, 2.24) is 0 Å². The van der Waals surface area contributed by atoms with Crippen molar-refractivity contribution in [1.29, 1.82) is 0 Å². The van der Waals surface area contributed by atoms with Crippen LogP contribution in [0.1, 0.15) is 52.4 Å².